The Labute approximate surface area is 146 Å². The molecule has 1 fully saturated rings. The fourth-order valence-corrected chi connectivity index (χ4v) is 4.03. The second-order valence-electron chi connectivity index (χ2n) is 5.58. The van der Waals surface area contributed by atoms with Crippen LogP contribution in [0.25, 0.3) is 0 Å². The summed E-state index contributed by atoms with van der Waals surface area (Å²) >= 11 is 6.88. The molecule has 23 heavy (non-hydrogen) atoms. The highest BCUT2D eigenvalue weighted by Gasteiger charge is 2.38. The van der Waals surface area contributed by atoms with Gasteiger partial charge in [0, 0.05) is 12.2 Å². The first kappa shape index (κ1) is 16.0. The van der Waals surface area contributed by atoms with Crippen LogP contribution in [0.15, 0.2) is 48.5 Å². The lowest BCUT2D eigenvalue weighted by Crippen LogP contribution is -2.34. The molecule has 1 amide bonds. The molecular weight excluding hydrogens is 324 g/mol. The highest BCUT2D eigenvalue weighted by Crippen LogP contribution is 2.33. The van der Waals surface area contributed by atoms with Crippen molar-refractivity contribution in [2.75, 3.05) is 16.8 Å². The largest absolute Gasteiger partial charge is 0.383 e. The van der Waals surface area contributed by atoms with E-state index in [-0.39, 0.29) is 11.2 Å². The number of anilines is 2. The van der Waals surface area contributed by atoms with Gasteiger partial charge in [0.2, 0.25) is 5.91 Å². The molecule has 3 rings (SSSR count). The van der Waals surface area contributed by atoms with Crippen molar-refractivity contribution in [1.82, 2.24) is 0 Å². The van der Waals surface area contributed by atoms with E-state index in [2.05, 4.69) is 24.4 Å². The average Bonchev–Trinajstić information content (AvgIpc) is 2.80. The monoisotopic (exact) mass is 342 g/mol. The Balaban J connectivity index is 1.73. The fourth-order valence-electron chi connectivity index (χ4n) is 2.58. The highest BCUT2D eigenvalue weighted by atomic mass is 32.2. The number of rotatable bonds is 4. The first-order valence-corrected chi connectivity index (χ1v) is 8.76. The Morgan fingerprint density at radius 2 is 1.96 bits per heavy atom. The van der Waals surface area contributed by atoms with Crippen molar-refractivity contribution in [1.29, 1.82) is 0 Å². The fraction of sp³-hybridized carbons (Fsp3) is 0.222. The van der Waals surface area contributed by atoms with Gasteiger partial charge in [0.25, 0.3) is 0 Å². The van der Waals surface area contributed by atoms with E-state index in [1.54, 1.807) is 4.90 Å². The molecule has 1 saturated heterocycles. The van der Waals surface area contributed by atoms with E-state index in [0.29, 0.717) is 10.9 Å². The number of hydrogen-bond donors (Lipinski definition) is 1. The predicted molar refractivity (Wildman–Crippen MR) is 102 cm³/mol. The average molecular weight is 342 g/mol. The van der Waals surface area contributed by atoms with Gasteiger partial charge in [0.1, 0.15) is 9.57 Å². The number of carbonyl (C=O) groups excluding carboxylic acids is 1. The van der Waals surface area contributed by atoms with E-state index in [0.717, 1.165) is 16.9 Å². The Bertz CT molecular complexity index is 760. The Morgan fingerprint density at radius 3 is 2.70 bits per heavy atom. The predicted octanol–water partition coefficient (Wildman–Crippen LogP) is 4.15. The number of thioether (sulfide) groups is 1. The van der Waals surface area contributed by atoms with Gasteiger partial charge in [-0.25, -0.2) is 0 Å². The number of hydrogen-bond acceptors (Lipinski definition) is 4. The molecular formula is C18H18N2OS2. The number of nitrogens with one attached hydrogen (secondary N) is 1. The Hall–Kier alpha value is -1.85. The SMILES string of the molecule is Cc1cccc(NCC2SC(=S)N(c3ccccc3C)C2=O)c1. The quantitative estimate of drug-likeness (QED) is 0.846. The lowest BCUT2D eigenvalue weighted by molar-refractivity contribution is -0.116. The molecule has 0 saturated carbocycles. The number of amides is 1. The van der Waals surface area contributed by atoms with Crippen molar-refractivity contribution in [3.05, 3.63) is 59.7 Å². The molecule has 1 aliphatic rings. The van der Waals surface area contributed by atoms with Gasteiger partial charge in [-0.2, -0.15) is 0 Å². The molecule has 118 valence electrons. The minimum atomic E-state index is -0.192. The Kier molecular flexibility index (Phi) is 4.68. The van der Waals surface area contributed by atoms with E-state index in [1.165, 1.54) is 17.3 Å². The van der Waals surface area contributed by atoms with E-state index < -0.39 is 0 Å². The normalized spacial score (nSPS) is 17.7. The van der Waals surface area contributed by atoms with Crippen LogP contribution < -0.4 is 10.2 Å². The summed E-state index contributed by atoms with van der Waals surface area (Å²) in [5, 5.41) is 3.15. The van der Waals surface area contributed by atoms with Crippen LogP contribution in [0.1, 0.15) is 11.1 Å². The first-order chi connectivity index (χ1) is 11.1. The van der Waals surface area contributed by atoms with Crippen molar-refractivity contribution in [2.24, 2.45) is 0 Å². The summed E-state index contributed by atoms with van der Waals surface area (Å²) in [4.78, 5) is 14.4. The van der Waals surface area contributed by atoms with E-state index in [9.17, 15) is 4.79 Å². The van der Waals surface area contributed by atoms with Gasteiger partial charge >= 0.3 is 0 Å². The minimum absolute atomic E-state index is 0.0504. The van der Waals surface area contributed by atoms with Gasteiger partial charge in [-0.1, -0.05) is 54.3 Å². The van der Waals surface area contributed by atoms with Crippen LogP contribution in [0.4, 0.5) is 11.4 Å². The first-order valence-electron chi connectivity index (χ1n) is 7.47. The molecule has 5 heteroatoms. The van der Waals surface area contributed by atoms with E-state index >= 15 is 0 Å². The molecule has 2 aromatic carbocycles. The van der Waals surface area contributed by atoms with E-state index in [4.69, 9.17) is 12.2 Å². The van der Waals surface area contributed by atoms with Gasteiger partial charge in [-0.05, 0) is 43.2 Å². The number of thiocarbonyl (C=S) groups is 1. The lowest BCUT2D eigenvalue weighted by atomic mass is 10.2. The molecule has 3 nitrogen and oxygen atoms in total. The maximum Gasteiger partial charge on any atom is 0.247 e. The number of para-hydroxylation sites is 1. The molecule has 0 spiro atoms. The van der Waals surface area contributed by atoms with Crippen molar-refractivity contribution in [2.45, 2.75) is 19.1 Å². The topological polar surface area (TPSA) is 32.3 Å². The summed E-state index contributed by atoms with van der Waals surface area (Å²) in [6.45, 7) is 4.61. The Morgan fingerprint density at radius 1 is 1.17 bits per heavy atom. The van der Waals surface area contributed by atoms with Crippen LogP contribution in [-0.4, -0.2) is 22.0 Å². The maximum absolute atomic E-state index is 12.7. The van der Waals surface area contributed by atoms with Gasteiger partial charge in [0.05, 0.1) is 5.69 Å². The highest BCUT2D eigenvalue weighted by molar-refractivity contribution is 8.25. The summed E-state index contributed by atoms with van der Waals surface area (Å²) < 4.78 is 0.625. The van der Waals surface area contributed by atoms with Crippen molar-refractivity contribution >= 4 is 45.6 Å². The van der Waals surface area contributed by atoms with Crippen LogP contribution in [0.2, 0.25) is 0 Å². The van der Waals surface area contributed by atoms with Crippen LogP contribution >= 0.6 is 24.0 Å². The summed E-state index contributed by atoms with van der Waals surface area (Å²) in [5.41, 5.74) is 4.15. The lowest BCUT2D eigenvalue weighted by Gasteiger charge is -2.18. The molecule has 2 aromatic rings. The molecule has 0 bridgehead atoms. The zero-order valence-electron chi connectivity index (χ0n) is 13.1. The summed E-state index contributed by atoms with van der Waals surface area (Å²) in [6.07, 6.45) is 0. The standard InChI is InChI=1S/C18H18N2OS2/c1-12-6-5-8-14(10-12)19-11-16-17(21)20(18(22)23-16)15-9-4-3-7-13(15)2/h3-10,16,19H,11H2,1-2H3. The molecule has 1 atom stereocenters. The van der Waals surface area contributed by atoms with Crippen LogP contribution in [0, 0.1) is 13.8 Å². The van der Waals surface area contributed by atoms with Gasteiger partial charge in [0.15, 0.2) is 0 Å². The smallest absolute Gasteiger partial charge is 0.247 e. The van der Waals surface area contributed by atoms with Crippen LogP contribution in [-0.2, 0) is 4.79 Å². The van der Waals surface area contributed by atoms with Gasteiger partial charge < -0.3 is 5.32 Å². The minimum Gasteiger partial charge on any atom is -0.383 e. The maximum atomic E-state index is 12.7. The third-order valence-electron chi connectivity index (χ3n) is 3.79. The van der Waals surface area contributed by atoms with Crippen LogP contribution in [0.3, 0.4) is 0 Å². The summed E-state index contributed by atoms with van der Waals surface area (Å²) in [5.74, 6) is 0.0504. The zero-order chi connectivity index (χ0) is 16.4. The molecule has 0 aromatic heterocycles. The molecule has 1 heterocycles. The van der Waals surface area contributed by atoms with Gasteiger partial charge in [-0.15, -0.1) is 0 Å². The van der Waals surface area contributed by atoms with Crippen molar-refractivity contribution < 1.29 is 4.79 Å². The zero-order valence-corrected chi connectivity index (χ0v) is 14.7. The molecule has 1 N–H and O–H groups in total. The molecule has 1 unspecified atom stereocenters. The molecule has 0 radical (unpaired) electrons. The number of benzene rings is 2. The van der Waals surface area contributed by atoms with Crippen molar-refractivity contribution in [3.63, 3.8) is 0 Å². The summed E-state index contributed by atoms with van der Waals surface area (Å²) in [6, 6.07) is 16.0. The van der Waals surface area contributed by atoms with E-state index in [1.807, 2.05) is 43.3 Å². The van der Waals surface area contributed by atoms with Crippen molar-refractivity contribution in [3.8, 4) is 0 Å². The number of aryl methyl sites for hydroxylation is 2. The summed E-state index contributed by atoms with van der Waals surface area (Å²) in [7, 11) is 0. The molecule has 1 aliphatic heterocycles. The number of carbonyl (C=O) groups is 1. The molecule has 0 aliphatic carbocycles. The second-order valence-corrected chi connectivity index (χ2v) is 7.42. The third-order valence-corrected chi connectivity index (χ3v) is 5.30. The van der Waals surface area contributed by atoms with Gasteiger partial charge in [-0.3, -0.25) is 9.69 Å². The van der Waals surface area contributed by atoms with Crippen LogP contribution in [0.5, 0.6) is 0 Å². The third kappa shape index (κ3) is 3.41. The number of nitrogens with zero attached hydrogens (tertiary/aromatic N) is 1. The second kappa shape index (κ2) is 6.72.